The zero-order valence-corrected chi connectivity index (χ0v) is 19.0. The molecule has 0 spiro atoms. The van der Waals surface area contributed by atoms with Crippen molar-refractivity contribution in [2.45, 2.75) is 39.0 Å². The number of nitrogens with zero attached hydrogens (tertiary/aromatic N) is 3. The molecule has 5 rings (SSSR count). The molecule has 1 aromatic carbocycles. The van der Waals surface area contributed by atoms with Crippen LogP contribution in [0, 0.1) is 12.8 Å². The average molecular weight is 469 g/mol. The van der Waals surface area contributed by atoms with E-state index in [-0.39, 0.29) is 30.3 Å². The Balaban J connectivity index is 1.55. The van der Waals surface area contributed by atoms with Crippen molar-refractivity contribution < 1.29 is 18.3 Å². The van der Waals surface area contributed by atoms with Crippen LogP contribution in [0.2, 0.25) is 0 Å². The molecule has 1 N–H and O–H groups in total. The minimum Gasteiger partial charge on any atom is -0.494 e. The van der Waals surface area contributed by atoms with Crippen LogP contribution >= 0.6 is 11.3 Å². The number of nitrogens with one attached hydrogen (secondary N) is 1. The summed E-state index contributed by atoms with van der Waals surface area (Å²) < 4.78 is 32.5. The fourth-order valence-electron chi connectivity index (χ4n) is 3.94. The van der Waals surface area contributed by atoms with Crippen LogP contribution in [0.15, 0.2) is 34.6 Å². The summed E-state index contributed by atoms with van der Waals surface area (Å²) in [5.41, 5.74) is 4.10. The number of Topliss-reactive ketones (excluding diaryl/α,β-unsaturated/α-hetero) is 1. The summed E-state index contributed by atoms with van der Waals surface area (Å²) in [5, 5.41) is 6.09. The maximum Gasteiger partial charge on any atom is 0.277 e. The Morgan fingerprint density at radius 1 is 1.27 bits per heavy atom. The predicted molar refractivity (Wildman–Crippen MR) is 125 cm³/mol. The Kier molecular flexibility index (Phi) is 5.65. The number of methoxy groups -OCH3 is 1. The molecule has 1 aliphatic heterocycles. The lowest BCUT2D eigenvalue weighted by atomic mass is 10.1. The number of aliphatic imine (C=N–C) groups is 1. The fourth-order valence-corrected chi connectivity index (χ4v) is 4.76. The topological polar surface area (TPSA) is 76.5 Å². The Bertz CT molecular complexity index is 1270. The van der Waals surface area contributed by atoms with E-state index in [1.54, 1.807) is 13.2 Å². The van der Waals surface area contributed by atoms with Gasteiger partial charge in [0, 0.05) is 29.8 Å². The number of carbonyl (C=O) groups is 1. The first-order valence-electron chi connectivity index (χ1n) is 10.7. The average Bonchev–Trinajstić information content (AvgIpc) is 3.41. The summed E-state index contributed by atoms with van der Waals surface area (Å²) in [7, 11) is 1.58. The molecule has 2 aromatic heterocycles. The largest absolute Gasteiger partial charge is 0.494 e. The fraction of sp³-hybridized carbons (Fsp3) is 0.333. The molecule has 0 radical (unpaired) electrons. The molecule has 0 unspecified atom stereocenters. The van der Waals surface area contributed by atoms with Crippen molar-refractivity contribution in [3.05, 3.63) is 46.7 Å². The van der Waals surface area contributed by atoms with Crippen LogP contribution in [-0.4, -0.2) is 35.0 Å². The number of fused-ring (bicyclic) bond motifs is 1. The summed E-state index contributed by atoms with van der Waals surface area (Å²) in [5.74, 6) is 0.826. The van der Waals surface area contributed by atoms with E-state index in [4.69, 9.17) is 4.74 Å². The van der Waals surface area contributed by atoms with Gasteiger partial charge in [-0.25, -0.2) is 18.8 Å². The van der Waals surface area contributed by atoms with Crippen molar-refractivity contribution >= 4 is 39.9 Å². The highest BCUT2D eigenvalue weighted by Gasteiger charge is 2.31. The second-order valence-corrected chi connectivity index (χ2v) is 9.12. The quantitative estimate of drug-likeness (QED) is 0.460. The van der Waals surface area contributed by atoms with E-state index in [9.17, 15) is 13.6 Å². The Morgan fingerprint density at radius 3 is 2.76 bits per heavy atom. The lowest BCUT2D eigenvalue weighted by Crippen LogP contribution is -2.11. The molecule has 170 valence electrons. The van der Waals surface area contributed by atoms with E-state index in [2.05, 4.69) is 20.3 Å². The highest BCUT2D eigenvalue weighted by molar-refractivity contribution is 7.13. The smallest absolute Gasteiger partial charge is 0.277 e. The molecule has 1 fully saturated rings. The number of para-hydroxylation sites is 1. The van der Waals surface area contributed by atoms with Crippen molar-refractivity contribution in [1.29, 1.82) is 0 Å². The van der Waals surface area contributed by atoms with Crippen LogP contribution in [0.25, 0.3) is 10.6 Å². The van der Waals surface area contributed by atoms with Crippen molar-refractivity contribution in [2.75, 3.05) is 12.4 Å². The maximum absolute atomic E-state index is 13.4. The normalized spacial score (nSPS) is 14.9. The van der Waals surface area contributed by atoms with E-state index < -0.39 is 6.43 Å². The van der Waals surface area contributed by atoms with Crippen LogP contribution < -0.4 is 10.1 Å². The number of pyridine rings is 1. The lowest BCUT2D eigenvalue weighted by Gasteiger charge is -2.16. The van der Waals surface area contributed by atoms with Gasteiger partial charge in [-0.3, -0.25) is 9.78 Å². The number of hydrogen-bond acceptors (Lipinski definition) is 7. The van der Waals surface area contributed by atoms with Gasteiger partial charge in [-0.1, -0.05) is 6.07 Å². The van der Waals surface area contributed by atoms with E-state index in [1.165, 1.54) is 11.3 Å². The number of rotatable bonds is 8. The van der Waals surface area contributed by atoms with Crippen LogP contribution in [0.5, 0.6) is 5.75 Å². The number of aryl methyl sites for hydroxylation is 1. The monoisotopic (exact) mass is 468 g/mol. The number of ketones is 1. The molecule has 0 bridgehead atoms. The molecular formula is C24H22F2N4O2S. The number of thiazole rings is 1. The molecule has 0 amide bonds. The lowest BCUT2D eigenvalue weighted by molar-refractivity contribution is -0.119. The van der Waals surface area contributed by atoms with Crippen LogP contribution in [-0.2, 0) is 17.6 Å². The van der Waals surface area contributed by atoms with Crippen LogP contribution in [0.1, 0.15) is 29.9 Å². The summed E-state index contributed by atoms with van der Waals surface area (Å²) in [6.45, 7) is 1.93. The van der Waals surface area contributed by atoms with E-state index in [0.717, 1.165) is 29.1 Å². The number of ether oxygens (including phenoxy) is 1. The molecule has 0 atom stereocenters. The second-order valence-electron chi connectivity index (χ2n) is 8.26. The molecule has 33 heavy (non-hydrogen) atoms. The van der Waals surface area contributed by atoms with Gasteiger partial charge >= 0.3 is 0 Å². The summed E-state index contributed by atoms with van der Waals surface area (Å²) in [4.78, 5) is 25.6. The first-order valence-corrected chi connectivity index (χ1v) is 11.6. The highest BCUT2D eigenvalue weighted by Crippen LogP contribution is 2.43. The van der Waals surface area contributed by atoms with Crippen molar-refractivity contribution in [3.63, 3.8) is 0 Å². The highest BCUT2D eigenvalue weighted by atomic mass is 32.1. The summed E-state index contributed by atoms with van der Waals surface area (Å²) >= 11 is 1.52. The van der Waals surface area contributed by atoms with Gasteiger partial charge in [0.2, 0.25) is 0 Å². The SMILES string of the molecule is COc1c(Nc2cc(CC(=O)C3CC3)nc3c2N=C(C(F)F)C3)cccc1-c1nc(C)cs1. The third-order valence-electron chi connectivity index (χ3n) is 5.70. The number of benzene rings is 1. The Labute approximate surface area is 193 Å². The molecule has 1 saturated carbocycles. The van der Waals surface area contributed by atoms with Gasteiger partial charge in [-0.05, 0) is 38.0 Å². The summed E-state index contributed by atoms with van der Waals surface area (Å²) in [6, 6.07) is 7.38. The van der Waals surface area contributed by atoms with Gasteiger partial charge in [0.25, 0.3) is 6.43 Å². The van der Waals surface area contributed by atoms with Gasteiger partial charge in [0.15, 0.2) is 5.75 Å². The molecule has 0 saturated heterocycles. The van der Waals surface area contributed by atoms with Gasteiger partial charge in [-0.2, -0.15) is 0 Å². The predicted octanol–water partition coefficient (Wildman–Crippen LogP) is 5.68. The van der Waals surface area contributed by atoms with Crippen molar-refractivity contribution in [2.24, 2.45) is 10.9 Å². The molecular weight excluding hydrogens is 446 g/mol. The first-order chi connectivity index (χ1) is 15.9. The minimum atomic E-state index is -2.66. The zero-order valence-electron chi connectivity index (χ0n) is 18.2. The van der Waals surface area contributed by atoms with Crippen molar-refractivity contribution in [1.82, 2.24) is 9.97 Å². The Morgan fingerprint density at radius 2 is 2.09 bits per heavy atom. The van der Waals surface area contributed by atoms with Crippen LogP contribution in [0.4, 0.5) is 25.8 Å². The van der Waals surface area contributed by atoms with Gasteiger partial charge < -0.3 is 10.1 Å². The molecule has 2 aliphatic rings. The minimum absolute atomic E-state index is 0.0251. The number of alkyl halides is 2. The second kappa shape index (κ2) is 8.62. The third kappa shape index (κ3) is 4.37. The molecule has 1 aliphatic carbocycles. The standard InChI is InChI=1S/C24H22F2N4O2S/c1-12-11-33-24(27-12)15-4-3-5-16(22(15)32-2)29-17-8-14(9-20(31)13-6-7-13)28-18-10-19(23(25)26)30-21(17)18/h3-5,8,11,13,23H,6-7,9-10H2,1-2H3,(H,28,29). The number of carbonyl (C=O) groups excluding carboxylic acids is 1. The van der Waals surface area contributed by atoms with E-state index >= 15 is 0 Å². The molecule has 6 nitrogen and oxygen atoms in total. The zero-order chi connectivity index (χ0) is 23.1. The van der Waals surface area contributed by atoms with Gasteiger partial charge in [0.05, 0.1) is 41.1 Å². The van der Waals surface area contributed by atoms with E-state index in [0.29, 0.717) is 34.2 Å². The van der Waals surface area contributed by atoms with Gasteiger partial charge in [0.1, 0.15) is 16.5 Å². The molecule has 3 heterocycles. The Hall–Kier alpha value is -3.20. The first kappa shape index (κ1) is 21.6. The number of anilines is 2. The third-order valence-corrected chi connectivity index (χ3v) is 6.69. The van der Waals surface area contributed by atoms with E-state index in [1.807, 2.05) is 30.5 Å². The number of aromatic nitrogens is 2. The molecule has 9 heteroatoms. The number of hydrogen-bond donors (Lipinski definition) is 1. The number of halogens is 2. The summed E-state index contributed by atoms with van der Waals surface area (Å²) in [6.07, 6.45) is -0.675. The van der Waals surface area contributed by atoms with Crippen molar-refractivity contribution in [3.8, 4) is 16.3 Å². The maximum atomic E-state index is 13.4. The molecule has 3 aromatic rings. The van der Waals surface area contributed by atoms with Crippen LogP contribution in [0.3, 0.4) is 0 Å². The van der Waals surface area contributed by atoms with Gasteiger partial charge in [-0.15, -0.1) is 11.3 Å².